The molecule has 0 amide bonds. The van der Waals surface area contributed by atoms with E-state index in [0.717, 1.165) is 18.4 Å². The van der Waals surface area contributed by atoms with Gasteiger partial charge >= 0.3 is 0 Å². The lowest BCUT2D eigenvalue weighted by Gasteiger charge is -2.23. The van der Waals surface area contributed by atoms with Crippen molar-refractivity contribution in [2.75, 3.05) is 6.54 Å². The summed E-state index contributed by atoms with van der Waals surface area (Å²) in [5.41, 5.74) is 0.964. The van der Waals surface area contributed by atoms with Crippen molar-refractivity contribution in [3.8, 4) is 0 Å². The molecular weight excluding hydrogens is 281 g/mol. The molecule has 0 aliphatic heterocycles. The molecule has 0 heterocycles. The largest absolute Gasteiger partial charge is 0.392 e. The zero-order valence-corrected chi connectivity index (χ0v) is 13.3. The third-order valence-corrected chi connectivity index (χ3v) is 4.23. The minimum Gasteiger partial charge on any atom is -0.392 e. The summed E-state index contributed by atoms with van der Waals surface area (Å²) in [5.74, 6) is 0.342. The molecule has 1 aromatic rings. The van der Waals surface area contributed by atoms with Crippen LogP contribution in [0.2, 0.25) is 10.0 Å². The molecule has 0 saturated carbocycles. The molecule has 0 aliphatic rings. The van der Waals surface area contributed by atoms with E-state index in [4.69, 9.17) is 23.2 Å². The minimum absolute atomic E-state index is 0.0650. The Balaban J connectivity index is 2.60. The van der Waals surface area contributed by atoms with Gasteiger partial charge in [-0.25, -0.2) is 0 Å². The average Bonchev–Trinajstić information content (AvgIpc) is 2.40. The van der Waals surface area contributed by atoms with Gasteiger partial charge in [-0.1, -0.05) is 49.9 Å². The van der Waals surface area contributed by atoms with Crippen LogP contribution in [0.25, 0.3) is 0 Å². The van der Waals surface area contributed by atoms with Gasteiger partial charge in [-0.3, -0.25) is 0 Å². The Labute approximate surface area is 126 Å². The van der Waals surface area contributed by atoms with Crippen molar-refractivity contribution in [3.63, 3.8) is 0 Å². The van der Waals surface area contributed by atoms with E-state index in [2.05, 4.69) is 19.2 Å². The Morgan fingerprint density at radius 3 is 2.42 bits per heavy atom. The fourth-order valence-electron chi connectivity index (χ4n) is 2.25. The van der Waals surface area contributed by atoms with Crippen LogP contribution in [0, 0.1) is 5.92 Å². The maximum atomic E-state index is 10.1. The van der Waals surface area contributed by atoms with Gasteiger partial charge in [-0.2, -0.15) is 0 Å². The zero-order valence-electron chi connectivity index (χ0n) is 11.8. The first-order valence-electron chi connectivity index (χ1n) is 6.85. The predicted molar refractivity (Wildman–Crippen MR) is 83.0 cm³/mol. The monoisotopic (exact) mass is 303 g/mol. The van der Waals surface area contributed by atoms with Gasteiger partial charge in [0.15, 0.2) is 0 Å². The van der Waals surface area contributed by atoms with Gasteiger partial charge in [0.05, 0.1) is 6.10 Å². The topological polar surface area (TPSA) is 32.3 Å². The highest BCUT2D eigenvalue weighted by Gasteiger charge is 2.17. The maximum absolute atomic E-state index is 10.1. The molecule has 0 aliphatic carbocycles. The fraction of sp³-hybridized carbons (Fsp3) is 0.600. The molecule has 1 aromatic carbocycles. The molecule has 4 heteroatoms. The van der Waals surface area contributed by atoms with Gasteiger partial charge in [0.1, 0.15) is 0 Å². The summed E-state index contributed by atoms with van der Waals surface area (Å²) in [4.78, 5) is 0. The van der Waals surface area contributed by atoms with Crippen molar-refractivity contribution < 1.29 is 5.11 Å². The molecule has 19 heavy (non-hydrogen) atoms. The summed E-state index contributed by atoms with van der Waals surface area (Å²) < 4.78 is 0. The molecular formula is C15H23Cl2NO. The number of aliphatic hydroxyl groups is 1. The normalized spacial score (nSPS) is 14.7. The third-order valence-electron chi connectivity index (χ3n) is 3.65. The second-order valence-corrected chi connectivity index (χ2v) is 5.78. The summed E-state index contributed by atoms with van der Waals surface area (Å²) in [5, 5.41) is 14.8. The lowest BCUT2D eigenvalue weighted by atomic mass is 9.96. The van der Waals surface area contributed by atoms with Gasteiger partial charge in [-0.05, 0) is 36.6 Å². The Morgan fingerprint density at radius 1 is 1.21 bits per heavy atom. The third kappa shape index (κ3) is 4.96. The van der Waals surface area contributed by atoms with E-state index in [1.165, 1.54) is 0 Å². The Bertz CT molecular complexity index is 394. The minimum atomic E-state index is -0.324. The van der Waals surface area contributed by atoms with Crippen LogP contribution < -0.4 is 5.32 Å². The van der Waals surface area contributed by atoms with Gasteiger partial charge in [0.2, 0.25) is 0 Å². The van der Waals surface area contributed by atoms with Crippen molar-refractivity contribution in [1.29, 1.82) is 0 Å². The van der Waals surface area contributed by atoms with Crippen molar-refractivity contribution in [1.82, 2.24) is 5.32 Å². The second-order valence-electron chi connectivity index (χ2n) is 4.94. The van der Waals surface area contributed by atoms with E-state index < -0.39 is 0 Å². The zero-order chi connectivity index (χ0) is 14.4. The van der Waals surface area contributed by atoms with Crippen molar-refractivity contribution in [3.05, 3.63) is 33.8 Å². The number of nitrogens with one attached hydrogen (secondary N) is 1. The molecule has 1 rings (SSSR count). The highest BCUT2D eigenvalue weighted by molar-refractivity contribution is 6.33. The second kappa shape index (κ2) is 8.11. The van der Waals surface area contributed by atoms with Crippen molar-refractivity contribution in [2.45, 2.75) is 45.8 Å². The van der Waals surface area contributed by atoms with Gasteiger partial charge in [0.25, 0.3) is 0 Å². The molecule has 2 N–H and O–H groups in total. The number of hydrogen-bond acceptors (Lipinski definition) is 2. The summed E-state index contributed by atoms with van der Waals surface area (Å²) in [6.07, 6.45) is 1.66. The van der Waals surface area contributed by atoms with Crippen LogP contribution in [0.1, 0.15) is 45.2 Å². The van der Waals surface area contributed by atoms with Crippen LogP contribution in [0.3, 0.4) is 0 Å². The van der Waals surface area contributed by atoms with E-state index in [0.29, 0.717) is 22.5 Å². The molecule has 2 unspecified atom stereocenters. The molecule has 0 aromatic heterocycles. The molecule has 2 atom stereocenters. The Kier molecular flexibility index (Phi) is 7.16. The van der Waals surface area contributed by atoms with E-state index in [1.807, 2.05) is 13.0 Å². The molecule has 108 valence electrons. The molecule has 2 nitrogen and oxygen atoms in total. The standard InChI is InChI=1S/C15H23Cl2NO/c1-4-11(5-2)15(19)9-18-10(3)13-8-12(16)6-7-14(13)17/h6-8,10-11,15,18-19H,4-5,9H2,1-3H3. The maximum Gasteiger partial charge on any atom is 0.0692 e. The van der Waals surface area contributed by atoms with Gasteiger partial charge in [-0.15, -0.1) is 0 Å². The first-order valence-corrected chi connectivity index (χ1v) is 7.61. The van der Waals surface area contributed by atoms with Crippen LogP contribution in [-0.2, 0) is 0 Å². The highest BCUT2D eigenvalue weighted by atomic mass is 35.5. The summed E-state index contributed by atoms with van der Waals surface area (Å²) >= 11 is 12.1. The summed E-state index contributed by atoms with van der Waals surface area (Å²) in [6.45, 7) is 6.80. The van der Waals surface area contributed by atoms with Crippen LogP contribution >= 0.6 is 23.2 Å². The summed E-state index contributed by atoms with van der Waals surface area (Å²) in [7, 11) is 0. The van der Waals surface area contributed by atoms with E-state index in [-0.39, 0.29) is 12.1 Å². The van der Waals surface area contributed by atoms with E-state index in [1.54, 1.807) is 12.1 Å². The van der Waals surface area contributed by atoms with E-state index >= 15 is 0 Å². The number of rotatable bonds is 7. The molecule has 0 bridgehead atoms. The number of hydrogen-bond donors (Lipinski definition) is 2. The molecule has 0 radical (unpaired) electrons. The quantitative estimate of drug-likeness (QED) is 0.780. The van der Waals surface area contributed by atoms with E-state index in [9.17, 15) is 5.11 Å². The van der Waals surface area contributed by atoms with Crippen molar-refractivity contribution >= 4 is 23.2 Å². The molecule has 0 spiro atoms. The van der Waals surface area contributed by atoms with Gasteiger partial charge in [0, 0.05) is 22.6 Å². The smallest absolute Gasteiger partial charge is 0.0692 e. The Morgan fingerprint density at radius 2 is 1.84 bits per heavy atom. The van der Waals surface area contributed by atoms with Crippen LogP contribution in [0.5, 0.6) is 0 Å². The lowest BCUT2D eigenvalue weighted by molar-refractivity contribution is 0.0989. The molecule has 0 fully saturated rings. The summed E-state index contributed by atoms with van der Waals surface area (Å²) in [6, 6.07) is 5.51. The number of benzene rings is 1. The first-order chi connectivity index (χ1) is 8.99. The number of aliphatic hydroxyl groups excluding tert-OH is 1. The van der Waals surface area contributed by atoms with Crippen LogP contribution in [-0.4, -0.2) is 17.8 Å². The fourth-order valence-corrected chi connectivity index (χ4v) is 2.72. The van der Waals surface area contributed by atoms with Crippen LogP contribution in [0.4, 0.5) is 0 Å². The Hall–Kier alpha value is -0.280. The first kappa shape index (κ1) is 16.8. The SMILES string of the molecule is CCC(CC)C(O)CNC(C)c1cc(Cl)ccc1Cl. The molecule has 0 saturated heterocycles. The predicted octanol–water partition coefficient (Wildman–Crippen LogP) is 4.44. The average molecular weight is 304 g/mol. The van der Waals surface area contributed by atoms with Crippen molar-refractivity contribution in [2.24, 2.45) is 5.92 Å². The number of halogens is 2. The van der Waals surface area contributed by atoms with Gasteiger partial charge < -0.3 is 10.4 Å². The highest BCUT2D eigenvalue weighted by Crippen LogP contribution is 2.26. The lowest BCUT2D eigenvalue weighted by Crippen LogP contribution is -2.34. The van der Waals surface area contributed by atoms with Crippen LogP contribution in [0.15, 0.2) is 18.2 Å².